The standard InChI is InChI=1S/C22H28N2O2S/c1-3-16(2)23-22(26)18-11-12-20(17-8-5-4-6-9-17)24(15-18)21(25)14-19-10-7-13-27-19/h4-10,13,16,18,20H,3,11-12,14-15H2,1-2H3,(H,23,26)/t16-,18-,20-/m0/s1. The number of nitrogens with zero attached hydrogens (tertiary/aromatic N) is 1. The molecule has 1 aromatic heterocycles. The summed E-state index contributed by atoms with van der Waals surface area (Å²) < 4.78 is 0. The first-order valence-corrected chi connectivity index (χ1v) is 10.6. The van der Waals surface area contributed by atoms with Crippen LogP contribution in [-0.4, -0.2) is 29.3 Å². The molecule has 0 unspecified atom stereocenters. The van der Waals surface area contributed by atoms with Gasteiger partial charge in [-0.15, -0.1) is 11.3 Å². The number of likely N-dealkylation sites (tertiary alicyclic amines) is 1. The lowest BCUT2D eigenvalue weighted by Crippen LogP contribution is -2.48. The summed E-state index contributed by atoms with van der Waals surface area (Å²) in [5.41, 5.74) is 1.15. The third-order valence-electron chi connectivity index (χ3n) is 5.36. The summed E-state index contributed by atoms with van der Waals surface area (Å²) in [5, 5.41) is 5.08. The summed E-state index contributed by atoms with van der Waals surface area (Å²) in [5.74, 6) is 0.0448. The van der Waals surface area contributed by atoms with Crippen LogP contribution in [0.1, 0.15) is 49.6 Å². The lowest BCUT2D eigenvalue weighted by Gasteiger charge is -2.40. The van der Waals surface area contributed by atoms with E-state index in [4.69, 9.17) is 0 Å². The van der Waals surface area contributed by atoms with E-state index < -0.39 is 0 Å². The summed E-state index contributed by atoms with van der Waals surface area (Å²) in [6.45, 7) is 4.58. The molecule has 4 nitrogen and oxygen atoms in total. The van der Waals surface area contributed by atoms with E-state index in [1.54, 1.807) is 11.3 Å². The highest BCUT2D eigenvalue weighted by atomic mass is 32.1. The molecule has 1 fully saturated rings. The first-order valence-electron chi connectivity index (χ1n) is 9.75. The smallest absolute Gasteiger partial charge is 0.228 e. The second kappa shape index (κ2) is 9.18. The number of benzene rings is 1. The monoisotopic (exact) mass is 384 g/mol. The van der Waals surface area contributed by atoms with Crippen molar-refractivity contribution in [2.45, 2.75) is 51.6 Å². The number of nitrogens with one attached hydrogen (secondary N) is 1. The third kappa shape index (κ3) is 4.98. The summed E-state index contributed by atoms with van der Waals surface area (Å²) >= 11 is 1.60. The second-order valence-corrected chi connectivity index (χ2v) is 8.35. The van der Waals surface area contributed by atoms with Crippen molar-refractivity contribution in [3.8, 4) is 0 Å². The minimum atomic E-state index is -0.133. The van der Waals surface area contributed by atoms with Gasteiger partial charge in [0.1, 0.15) is 0 Å². The summed E-state index contributed by atoms with van der Waals surface area (Å²) in [6, 6.07) is 14.4. The fourth-order valence-electron chi connectivity index (χ4n) is 3.61. The van der Waals surface area contributed by atoms with Gasteiger partial charge in [-0.25, -0.2) is 0 Å². The number of carbonyl (C=O) groups is 2. The molecule has 5 heteroatoms. The van der Waals surface area contributed by atoms with Crippen molar-refractivity contribution in [3.05, 3.63) is 58.3 Å². The quantitative estimate of drug-likeness (QED) is 0.812. The maximum atomic E-state index is 13.1. The average Bonchev–Trinajstić information content (AvgIpc) is 3.21. The Morgan fingerprint density at radius 1 is 1.19 bits per heavy atom. The van der Waals surface area contributed by atoms with Crippen molar-refractivity contribution in [3.63, 3.8) is 0 Å². The van der Waals surface area contributed by atoms with E-state index in [9.17, 15) is 9.59 Å². The first-order chi connectivity index (χ1) is 13.1. The normalized spacial score (nSPS) is 20.9. The average molecular weight is 385 g/mol. The van der Waals surface area contributed by atoms with E-state index in [0.29, 0.717) is 13.0 Å². The zero-order valence-electron chi connectivity index (χ0n) is 16.1. The largest absolute Gasteiger partial charge is 0.353 e. The van der Waals surface area contributed by atoms with Crippen LogP contribution in [0.15, 0.2) is 47.8 Å². The molecule has 1 N–H and O–H groups in total. The predicted molar refractivity (Wildman–Crippen MR) is 110 cm³/mol. The molecule has 2 aromatic rings. The molecule has 3 rings (SSSR count). The molecule has 1 aliphatic heterocycles. The fourth-order valence-corrected chi connectivity index (χ4v) is 4.30. The zero-order valence-corrected chi connectivity index (χ0v) is 16.9. The van der Waals surface area contributed by atoms with E-state index in [0.717, 1.165) is 29.7 Å². The topological polar surface area (TPSA) is 49.4 Å². The zero-order chi connectivity index (χ0) is 19.2. The number of rotatable bonds is 6. The Bertz CT molecular complexity index is 745. The van der Waals surface area contributed by atoms with Crippen molar-refractivity contribution in [1.82, 2.24) is 10.2 Å². The van der Waals surface area contributed by atoms with Crippen LogP contribution in [0.2, 0.25) is 0 Å². The van der Waals surface area contributed by atoms with Gasteiger partial charge in [0.05, 0.1) is 18.4 Å². The molecule has 27 heavy (non-hydrogen) atoms. The van der Waals surface area contributed by atoms with Crippen molar-refractivity contribution in [2.24, 2.45) is 5.92 Å². The summed E-state index contributed by atoms with van der Waals surface area (Å²) in [7, 11) is 0. The van der Waals surface area contributed by atoms with E-state index in [-0.39, 0.29) is 29.8 Å². The van der Waals surface area contributed by atoms with Crippen LogP contribution in [0.4, 0.5) is 0 Å². The molecule has 0 saturated carbocycles. The highest BCUT2D eigenvalue weighted by molar-refractivity contribution is 7.10. The Balaban J connectivity index is 1.77. The van der Waals surface area contributed by atoms with Gasteiger partial charge < -0.3 is 10.2 Å². The molecule has 144 valence electrons. The van der Waals surface area contributed by atoms with Crippen molar-refractivity contribution in [1.29, 1.82) is 0 Å². The number of hydrogen-bond acceptors (Lipinski definition) is 3. The van der Waals surface area contributed by atoms with Gasteiger partial charge >= 0.3 is 0 Å². The van der Waals surface area contributed by atoms with Gasteiger partial charge in [0.25, 0.3) is 0 Å². The summed E-state index contributed by atoms with van der Waals surface area (Å²) in [4.78, 5) is 28.7. The fraction of sp³-hybridized carbons (Fsp3) is 0.455. The Labute approximate surface area is 165 Å². The molecule has 0 bridgehead atoms. The number of hydrogen-bond donors (Lipinski definition) is 1. The van der Waals surface area contributed by atoms with E-state index in [1.807, 2.05) is 47.5 Å². The van der Waals surface area contributed by atoms with Crippen LogP contribution in [0, 0.1) is 5.92 Å². The van der Waals surface area contributed by atoms with Crippen molar-refractivity contribution < 1.29 is 9.59 Å². The minimum absolute atomic E-state index is 0.0475. The lowest BCUT2D eigenvalue weighted by atomic mass is 9.88. The molecule has 2 heterocycles. The van der Waals surface area contributed by atoms with Crippen LogP contribution in [0.25, 0.3) is 0 Å². The maximum Gasteiger partial charge on any atom is 0.228 e. The van der Waals surface area contributed by atoms with Gasteiger partial charge in [-0.2, -0.15) is 0 Å². The Morgan fingerprint density at radius 2 is 1.96 bits per heavy atom. The van der Waals surface area contributed by atoms with Crippen LogP contribution in [0.3, 0.4) is 0 Å². The Hall–Kier alpha value is -2.14. The van der Waals surface area contributed by atoms with Crippen LogP contribution >= 0.6 is 11.3 Å². The number of thiophene rings is 1. The van der Waals surface area contributed by atoms with Gasteiger partial charge in [-0.3, -0.25) is 9.59 Å². The minimum Gasteiger partial charge on any atom is -0.353 e. The van der Waals surface area contributed by atoms with Crippen LogP contribution in [-0.2, 0) is 16.0 Å². The van der Waals surface area contributed by atoms with Gasteiger partial charge in [0.15, 0.2) is 0 Å². The Morgan fingerprint density at radius 3 is 2.63 bits per heavy atom. The lowest BCUT2D eigenvalue weighted by molar-refractivity contribution is -0.138. The van der Waals surface area contributed by atoms with E-state index >= 15 is 0 Å². The van der Waals surface area contributed by atoms with Crippen molar-refractivity contribution in [2.75, 3.05) is 6.54 Å². The molecule has 0 radical (unpaired) electrons. The number of piperidine rings is 1. The third-order valence-corrected chi connectivity index (χ3v) is 6.24. The predicted octanol–water partition coefficient (Wildman–Crippen LogP) is 4.19. The van der Waals surface area contributed by atoms with Crippen LogP contribution < -0.4 is 5.32 Å². The highest BCUT2D eigenvalue weighted by Crippen LogP contribution is 2.34. The van der Waals surface area contributed by atoms with Crippen LogP contribution in [0.5, 0.6) is 0 Å². The van der Waals surface area contributed by atoms with Gasteiger partial charge in [-0.1, -0.05) is 43.3 Å². The maximum absolute atomic E-state index is 13.1. The molecule has 2 amide bonds. The Kier molecular flexibility index (Phi) is 6.67. The second-order valence-electron chi connectivity index (χ2n) is 7.32. The van der Waals surface area contributed by atoms with Gasteiger partial charge in [0.2, 0.25) is 11.8 Å². The molecular formula is C22H28N2O2S. The molecule has 1 aliphatic rings. The number of carbonyl (C=O) groups excluding carboxylic acids is 2. The van der Waals surface area contributed by atoms with E-state index in [2.05, 4.69) is 24.4 Å². The SMILES string of the molecule is CC[C@H](C)NC(=O)[C@H]1CC[C@@H](c2ccccc2)N(C(=O)Cc2cccs2)C1. The molecular weight excluding hydrogens is 356 g/mol. The molecule has 1 saturated heterocycles. The molecule has 0 spiro atoms. The van der Waals surface area contributed by atoms with E-state index in [1.165, 1.54) is 0 Å². The highest BCUT2D eigenvalue weighted by Gasteiger charge is 2.35. The summed E-state index contributed by atoms with van der Waals surface area (Å²) in [6.07, 6.45) is 2.94. The first kappa shape index (κ1) is 19.6. The van der Waals surface area contributed by atoms with Crippen molar-refractivity contribution >= 4 is 23.2 Å². The molecule has 1 aromatic carbocycles. The molecule has 0 aliphatic carbocycles. The number of amides is 2. The molecule has 3 atom stereocenters. The van der Waals surface area contributed by atoms with Gasteiger partial charge in [0, 0.05) is 17.5 Å². The van der Waals surface area contributed by atoms with Gasteiger partial charge in [-0.05, 0) is 43.2 Å².